The molecule has 0 aliphatic rings. The lowest BCUT2D eigenvalue weighted by atomic mass is 10.1. The Kier molecular flexibility index (Phi) is 5.01. The van der Waals surface area contributed by atoms with Crippen molar-refractivity contribution in [2.45, 2.75) is 20.3 Å². The third kappa shape index (κ3) is 3.78. The number of amides is 1. The Morgan fingerprint density at radius 3 is 2.68 bits per heavy atom. The molecule has 0 fully saturated rings. The van der Waals surface area contributed by atoms with Crippen molar-refractivity contribution in [2.75, 3.05) is 13.1 Å². The van der Waals surface area contributed by atoms with Crippen molar-refractivity contribution in [3.8, 4) is 6.07 Å². The highest BCUT2D eigenvalue weighted by Crippen LogP contribution is 2.18. The van der Waals surface area contributed by atoms with Crippen LogP contribution in [-0.4, -0.2) is 28.8 Å². The van der Waals surface area contributed by atoms with Crippen LogP contribution in [0, 0.1) is 28.4 Å². The zero-order valence-electron chi connectivity index (χ0n) is 10.9. The van der Waals surface area contributed by atoms with Crippen LogP contribution in [-0.2, 0) is 0 Å². The van der Waals surface area contributed by atoms with Gasteiger partial charge in [0.1, 0.15) is 0 Å². The first kappa shape index (κ1) is 14.6. The van der Waals surface area contributed by atoms with Crippen molar-refractivity contribution in [3.05, 3.63) is 39.4 Å². The Balaban J connectivity index is 3.04. The summed E-state index contributed by atoms with van der Waals surface area (Å²) in [5.41, 5.74) is 0.847. The summed E-state index contributed by atoms with van der Waals surface area (Å²) in [5, 5.41) is 19.3. The number of hydrogen-bond acceptors (Lipinski definition) is 4. The zero-order chi connectivity index (χ0) is 14.4. The fraction of sp³-hybridized carbons (Fsp3) is 0.385. The van der Waals surface area contributed by atoms with E-state index < -0.39 is 4.92 Å². The number of non-ortho nitro benzene ring substituents is 1. The standard InChI is InChI=1S/C13H15N3O3/c1-3-15(6-4-5-14)13(17)11-7-10(2)8-12(9-11)16(18)19/h7-9H,3-4,6H2,1-2H3. The number of benzene rings is 1. The van der Waals surface area contributed by atoms with E-state index in [4.69, 9.17) is 5.26 Å². The molecule has 0 bridgehead atoms. The van der Waals surface area contributed by atoms with E-state index in [0.29, 0.717) is 18.7 Å². The van der Waals surface area contributed by atoms with Crippen LogP contribution >= 0.6 is 0 Å². The van der Waals surface area contributed by atoms with Gasteiger partial charge in [-0.3, -0.25) is 14.9 Å². The van der Waals surface area contributed by atoms with Crippen molar-refractivity contribution >= 4 is 11.6 Å². The molecule has 0 heterocycles. The van der Waals surface area contributed by atoms with Crippen LogP contribution in [0.25, 0.3) is 0 Å². The number of nitriles is 1. The first-order valence-electron chi connectivity index (χ1n) is 5.92. The number of carbonyl (C=O) groups excluding carboxylic acids is 1. The van der Waals surface area contributed by atoms with Crippen LogP contribution < -0.4 is 0 Å². The van der Waals surface area contributed by atoms with Crippen molar-refractivity contribution in [1.29, 1.82) is 5.26 Å². The smallest absolute Gasteiger partial charge is 0.270 e. The van der Waals surface area contributed by atoms with Crippen LogP contribution in [0.15, 0.2) is 18.2 Å². The van der Waals surface area contributed by atoms with Gasteiger partial charge < -0.3 is 4.90 Å². The Morgan fingerprint density at radius 1 is 1.47 bits per heavy atom. The van der Waals surface area contributed by atoms with Gasteiger partial charge in [-0.05, 0) is 25.5 Å². The Bertz CT molecular complexity index is 534. The number of aryl methyl sites for hydroxylation is 1. The fourth-order valence-electron chi connectivity index (χ4n) is 1.76. The predicted molar refractivity (Wildman–Crippen MR) is 69.6 cm³/mol. The molecule has 1 amide bonds. The Labute approximate surface area is 111 Å². The maximum absolute atomic E-state index is 12.2. The topological polar surface area (TPSA) is 87.2 Å². The lowest BCUT2D eigenvalue weighted by Crippen LogP contribution is -2.31. The quantitative estimate of drug-likeness (QED) is 0.601. The molecule has 6 nitrogen and oxygen atoms in total. The summed E-state index contributed by atoms with van der Waals surface area (Å²) in [6, 6.07) is 6.28. The van der Waals surface area contributed by atoms with Crippen molar-refractivity contribution < 1.29 is 9.72 Å². The second kappa shape index (κ2) is 6.50. The molecule has 19 heavy (non-hydrogen) atoms. The normalized spacial score (nSPS) is 9.74. The van der Waals surface area contributed by atoms with Gasteiger partial charge in [-0.25, -0.2) is 0 Å². The molecule has 0 aromatic heterocycles. The molecule has 0 unspecified atom stereocenters. The summed E-state index contributed by atoms with van der Waals surface area (Å²) in [7, 11) is 0. The number of carbonyl (C=O) groups is 1. The summed E-state index contributed by atoms with van der Waals surface area (Å²) in [6.45, 7) is 4.30. The van der Waals surface area contributed by atoms with Gasteiger partial charge in [-0.2, -0.15) is 5.26 Å². The molecule has 100 valence electrons. The first-order valence-corrected chi connectivity index (χ1v) is 5.92. The van der Waals surface area contributed by atoms with E-state index in [-0.39, 0.29) is 23.6 Å². The van der Waals surface area contributed by atoms with Gasteiger partial charge in [0.2, 0.25) is 0 Å². The average molecular weight is 261 g/mol. The summed E-state index contributed by atoms with van der Waals surface area (Å²) in [6.07, 6.45) is 0.244. The predicted octanol–water partition coefficient (Wildman–Crippen LogP) is 2.28. The van der Waals surface area contributed by atoms with Crippen LogP contribution in [0.2, 0.25) is 0 Å². The highest BCUT2D eigenvalue weighted by Gasteiger charge is 2.17. The molecule has 0 radical (unpaired) electrons. The second-order valence-corrected chi connectivity index (χ2v) is 4.11. The fourth-order valence-corrected chi connectivity index (χ4v) is 1.76. The number of rotatable bonds is 5. The molecule has 0 saturated heterocycles. The number of nitrogens with zero attached hydrogens (tertiary/aromatic N) is 3. The van der Waals surface area contributed by atoms with Gasteiger partial charge in [0.15, 0.2) is 0 Å². The van der Waals surface area contributed by atoms with Gasteiger partial charge in [-0.1, -0.05) is 0 Å². The van der Waals surface area contributed by atoms with Gasteiger partial charge in [0.05, 0.1) is 17.4 Å². The number of nitro benzene ring substituents is 1. The zero-order valence-corrected chi connectivity index (χ0v) is 10.9. The molecule has 0 atom stereocenters. The van der Waals surface area contributed by atoms with Gasteiger partial charge in [0.25, 0.3) is 11.6 Å². The van der Waals surface area contributed by atoms with Gasteiger partial charge in [0, 0.05) is 30.8 Å². The second-order valence-electron chi connectivity index (χ2n) is 4.11. The van der Waals surface area contributed by atoms with E-state index in [1.807, 2.05) is 6.07 Å². The van der Waals surface area contributed by atoms with E-state index in [0.717, 1.165) is 0 Å². The van der Waals surface area contributed by atoms with E-state index in [9.17, 15) is 14.9 Å². The summed E-state index contributed by atoms with van der Waals surface area (Å²) >= 11 is 0. The monoisotopic (exact) mass is 261 g/mol. The maximum Gasteiger partial charge on any atom is 0.270 e. The highest BCUT2D eigenvalue weighted by atomic mass is 16.6. The number of nitro groups is 1. The van der Waals surface area contributed by atoms with E-state index in [2.05, 4.69) is 0 Å². The molecule has 0 N–H and O–H groups in total. The molecule has 0 aliphatic heterocycles. The third-order valence-corrected chi connectivity index (χ3v) is 2.68. The Morgan fingerprint density at radius 2 is 2.16 bits per heavy atom. The van der Waals surface area contributed by atoms with Crippen LogP contribution in [0.5, 0.6) is 0 Å². The molecule has 6 heteroatoms. The average Bonchev–Trinajstić information content (AvgIpc) is 2.38. The molecule has 0 spiro atoms. The van der Waals surface area contributed by atoms with Crippen LogP contribution in [0.3, 0.4) is 0 Å². The minimum Gasteiger partial charge on any atom is -0.338 e. The maximum atomic E-state index is 12.2. The molecule has 1 aromatic rings. The molecule has 1 rings (SSSR count). The van der Waals surface area contributed by atoms with Gasteiger partial charge >= 0.3 is 0 Å². The molecule has 1 aromatic carbocycles. The Hall–Kier alpha value is -2.42. The molecule has 0 aliphatic carbocycles. The van der Waals surface area contributed by atoms with Crippen molar-refractivity contribution in [2.24, 2.45) is 0 Å². The minimum absolute atomic E-state index is 0.0975. The highest BCUT2D eigenvalue weighted by molar-refractivity contribution is 5.95. The molecular weight excluding hydrogens is 246 g/mol. The van der Waals surface area contributed by atoms with Crippen molar-refractivity contribution in [3.63, 3.8) is 0 Å². The number of hydrogen-bond donors (Lipinski definition) is 0. The lowest BCUT2D eigenvalue weighted by molar-refractivity contribution is -0.384. The minimum atomic E-state index is -0.519. The van der Waals surface area contributed by atoms with Crippen molar-refractivity contribution in [1.82, 2.24) is 4.90 Å². The van der Waals surface area contributed by atoms with Crippen LogP contribution in [0.4, 0.5) is 5.69 Å². The summed E-state index contributed by atoms with van der Waals surface area (Å²) in [5.74, 6) is -0.287. The summed E-state index contributed by atoms with van der Waals surface area (Å²) < 4.78 is 0. The van der Waals surface area contributed by atoms with Crippen LogP contribution in [0.1, 0.15) is 29.3 Å². The van der Waals surface area contributed by atoms with Gasteiger partial charge in [-0.15, -0.1) is 0 Å². The largest absolute Gasteiger partial charge is 0.338 e. The first-order chi connectivity index (χ1) is 8.99. The molecule has 0 saturated carbocycles. The van der Waals surface area contributed by atoms with E-state index in [1.165, 1.54) is 17.0 Å². The third-order valence-electron chi connectivity index (χ3n) is 2.68. The van der Waals surface area contributed by atoms with E-state index in [1.54, 1.807) is 19.9 Å². The lowest BCUT2D eigenvalue weighted by Gasteiger charge is -2.19. The molecular formula is C13H15N3O3. The SMILES string of the molecule is CCN(CCC#N)C(=O)c1cc(C)cc([N+](=O)[O-])c1. The van der Waals surface area contributed by atoms with E-state index >= 15 is 0 Å². The summed E-state index contributed by atoms with van der Waals surface area (Å²) in [4.78, 5) is 24.0.